The molecule has 130 valence electrons. The van der Waals surface area contributed by atoms with E-state index in [-0.39, 0.29) is 11.5 Å². The van der Waals surface area contributed by atoms with Crippen LogP contribution in [0.3, 0.4) is 0 Å². The minimum Gasteiger partial charge on any atom is -0.273 e. The molecule has 9 heteroatoms. The molecule has 2 N–H and O–H groups in total. The zero-order valence-electron chi connectivity index (χ0n) is 12.9. The Balaban J connectivity index is 1.46. The molecule has 25 heavy (non-hydrogen) atoms. The van der Waals surface area contributed by atoms with Crippen LogP contribution in [-0.4, -0.2) is 31.7 Å². The summed E-state index contributed by atoms with van der Waals surface area (Å²) in [4.78, 5) is 24.8. The molecule has 2 amide bonds. The molecule has 0 unspecified atom stereocenters. The Kier molecular flexibility index (Phi) is 4.01. The predicted octanol–water partition coefficient (Wildman–Crippen LogP) is 2.31. The van der Waals surface area contributed by atoms with E-state index in [0.29, 0.717) is 11.3 Å². The highest BCUT2D eigenvalue weighted by molar-refractivity contribution is 7.91. The van der Waals surface area contributed by atoms with E-state index in [2.05, 4.69) is 10.9 Å². The molecule has 1 aliphatic rings. The maximum Gasteiger partial charge on any atom is 0.279 e. The van der Waals surface area contributed by atoms with Crippen molar-refractivity contribution in [2.24, 2.45) is 5.92 Å². The van der Waals surface area contributed by atoms with Gasteiger partial charge in [-0.2, -0.15) is 0 Å². The van der Waals surface area contributed by atoms with E-state index in [9.17, 15) is 18.0 Å². The lowest BCUT2D eigenvalue weighted by molar-refractivity contribution is -0.125. The van der Waals surface area contributed by atoms with Gasteiger partial charge in [0, 0.05) is 14.8 Å². The van der Waals surface area contributed by atoms with Gasteiger partial charge in [-0.05, 0) is 18.6 Å². The summed E-state index contributed by atoms with van der Waals surface area (Å²) >= 11 is 3.00. The fourth-order valence-electron chi connectivity index (χ4n) is 2.90. The SMILES string of the molecule is O=C(NNC(=O)[C@H]1CCS(=O)(=O)C1)c1cc2sc3ccccc3c2s1. The number of hydrogen-bond acceptors (Lipinski definition) is 6. The molecule has 3 aromatic rings. The number of carbonyl (C=O) groups is 2. The van der Waals surface area contributed by atoms with Crippen LogP contribution in [0, 0.1) is 5.92 Å². The first-order chi connectivity index (χ1) is 11.9. The van der Waals surface area contributed by atoms with Gasteiger partial charge < -0.3 is 0 Å². The van der Waals surface area contributed by atoms with E-state index in [4.69, 9.17) is 0 Å². The van der Waals surface area contributed by atoms with Crippen LogP contribution in [0.5, 0.6) is 0 Å². The number of nitrogens with one attached hydrogen (secondary N) is 2. The summed E-state index contributed by atoms with van der Waals surface area (Å²) in [6.45, 7) is 0. The molecule has 1 aliphatic heterocycles. The summed E-state index contributed by atoms with van der Waals surface area (Å²) in [5, 5.41) is 1.12. The molecular formula is C16H14N2O4S3. The number of hydrazine groups is 1. The first kappa shape index (κ1) is 16.5. The minimum atomic E-state index is -3.13. The van der Waals surface area contributed by atoms with Crippen LogP contribution < -0.4 is 10.9 Å². The van der Waals surface area contributed by atoms with Crippen molar-refractivity contribution in [1.82, 2.24) is 10.9 Å². The zero-order valence-corrected chi connectivity index (χ0v) is 15.4. The summed E-state index contributed by atoms with van der Waals surface area (Å²) in [6, 6.07) is 9.82. The van der Waals surface area contributed by atoms with Crippen molar-refractivity contribution >= 4 is 63.8 Å². The average Bonchev–Trinajstić information content (AvgIpc) is 3.24. The zero-order chi connectivity index (χ0) is 17.6. The molecule has 3 heterocycles. The summed E-state index contributed by atoms with van der Waals surface area (Å²) < 4.78 is 26.1. The van der Waals surface area contributed by atoms with E-state index in [1.807, 2.05) is 30.3 Å². The van der Waals surface area contributed by atoms with Crippen molar-refractivity contribution in [1.29, 1.82) is 0 Å². The third kappa shape index (κ3) is 3.14. The van der Waals surface area contributed by atoms with Crippen molar-refractivity contribution in [2.75, 3.05) is 11.5 Å². The summed E-state index contributed by atoms with van der Waals surface area (Å²) in [6.07, 6.45) is 0.296. The van der Waals surface area contributed by atoms with Crippen LogP contribution >= 0.6 is 22.7 Å². The second kappa shape index (κ2) is 6.08. The Morgan fingerprint density at radius 2 is 1.88 bits per heavy atom. The molecule has 4 rings (SSSR count). The molecular weight excluding hydrogens is 380 g/mol. The van der Waals surface area contributed by atoms with E-state index in [1.54, 1.807) is 11.3 Å². The van der Waals surface area contributed by atoms with E-state index < -0.39 is 27.6 Å². The second-order valence-corrected chi connectivity index (χ2v) is 10.3. The van der Waals surface area contributed by atoms with Gasteiger partial charge in [-0.3, -0.25) is 20.4 Å². The first-order valence-corrected chi connectivity index (χ1v) is 11.1. The van der Waals surface area contributed by atoms with Crippen LogP contribution in [0.2, 0.25) is 0 Å². The minimum absolute atomic E-state index is 0.0211. The van der Waals surface area contributed by atoms with Crippen molar-refractivity contribution in [2.45, 2.75) is 6.42 Å². The van der Waals surface area contributed by atoms with Gasteiger partial charge in [0.05, 0.1) is 27.0 Å². The lowest BCUT2D eigenvalue weighted by Gasteiger charge is -2.09. The quantitative estimate of drug-likeness (QED) is 0.653. The number of amides is 2. The Labute approximate surface area is 151 Å². The predicted molar refractivity (Wildman–Crippen MR) is 99.6 cm³/mol. The molecule has 1 saturated heterocycles. The third-order valence-electron chi connectivity index (χ3n) is 4.18. The van der Waals surface area contributed by atoms with E-state index in [0.717, 1.165) is 14.8 Å². The monoisotopic (exact) mass is 394 g/mol. The third-order valence-corrected chi connectivity index (χ3v) is 8.36. The molecule has 2 aromatic heterocycles. The van der Waals surface area contributed by atoms with Crippen molar-refractivity contribution in [3.8, 4) is 0 Å². The number of carbonyl (C=O) groups excluding carboxylic acids is 2. The first-order valence-electron chi connectivity index (χ1n) is 7.65. The summed E-state index contributed by atoms with van der Waals surface area (Å²) in [5.74, 6) is -1.59. The van der Waals surface area contributed by atoms with Gasteiger partial charge in [-0.25, -0.2) is 8.42 Å². The molecule has 0 aliphatic carbocycles. The van der Waals surface area contributed by atoms with Crippen molar-refractivity contribution in [3.05, 3.63) is 35.2 Å². The highest BCUT2D eigenvalue weighted by Gasteiger charge is 2.33. The number of hydrogen-bond donors (Lipinski definition) is 2. The maximum atomic E-state index is 12.3. The number of rotatable bonds is 2. The Morgan fingerprint density at radius 3 is 2.64 bits per heavy atom. The van der Waals surface area contributed by atoms with Gasteiger partial charge in [-0.15, -0.1) is 22.7 Å². The van der Waals surface area contributed by atoms with Crippen molar-refractivity contribution in [3.63, 3.8) is 0 Å². The second-order valence-electron chi connectivity index (χ2n) is 5.95. The van der Waals surface area contributed by atoms with Crippen LogP contribution in [-0.2, 0) is 14.6 Å². The van der Waals surface area contributed by atoms with Crippen LogP contribution in [0.15, 0.2) is 30.3 Å². The number of thiophene rings is 2. The number of fused-ring (bicyclic) bond motifs is 3. The molecule has 0 radical (unpaired) electrons. The highest BCUT2D eigenvalue weighted by atomic mass is 32.2. The average molecular weight is 394 g/mol. The normalized spacial score (nSPS) is 19.3. The molecule has 0 saturated carbocycles. The van der Waals surface area contributed by atoms with Crippen LogP contribution in [0.1, 0.15) is 16.1 Å². The number of benzene rings is 1. The smallest absolute Gasteiger partial charge is 0.273 e. The Hall–Kier alpha value is -1.97. The standard InChI is InChI=1S/C16H14N2O4S3/c19-15(9-5-6-25(21,22)8-9)17-18-16(20)13-7-12-14(24-13)10-3-1-2-4-11(10)23-12/h1-4,7,9H,5-6,8H2,(H,17,19)(H,18,20)/t9-/m0/s1. The number of sulfone groups is 1. The highest BCUT2D eigenvalue weighted by Crippen LogP contribution is 2.39. The van der Waals surface area contributed by atoms with Crippen molar-refractivity contribution < 1.29 is 18.0 Å². The fraction of sp³-hybridized carbons (Fsp3) is 0.250. The van der Waals surface area contributed by atoms with Crippen LogP contribution in [0.25, 0.3) is 19.5 Å². The topological polar surface area (TPSA) is 92.3 Å². The van der Waals surface area contributed by atoms with Gasteiger partial charge in [0.25, 0.3) is 5.91 Å². The van der Waals surface area contributed by atoms with Gasteiger partial charge in [-0.1, -0.05) is 18.2 Å². The lowest BCUT2D eigenvalue weighted by Crippen LogP contribution is -2.44. The lowest BCUT2D eigenvalue weighted by atomic mass is 10.1. The van der Waals surface area contributed by atoms with Gasteiger partial charge >= 0.3 is 0 Å². The fourth-order valence-corrected chi connectivity index (χ4v) is 7.06. The maximum absolute atomic E-state index is 12.3. The molecule has 1 atom stereocenters. The molecule has 1 aromatic carbocycles. The molecule has 6 nitrogen and oxygen atoms in total. The Bertz CT molecular complexity index is 1100. The molecule has 1 fully saturated rings. The van der Waals surface area contributed by atoms with E-state index in [1.165, 1.54) is 16.0 Å². The molecule has 0 spiro atoms. The largest absolute Gasteiger partial charge is 0.279 e. The van der Waals surface area contributed by atoms with Gasteiger partial charge in [0.2, 0.25) is 5.91 Å². The van der Waals surface area contributed by atoms with Crippen LogP contribution in [0.4, 0.5) is 0 Å². The Morgan fingerprint density at radius 1 is 1.08 bits per heavy atom. The summed E-state index contributed by atoms with van der Waals surface area (Å²) in [5.41, 5.74) is 4.73. The van der Waals surface area contributed by atoms with Gasteiger partial charge in [0.1, 0.15) is 0 Å². The summed E-state index contributed by atoms with van der Waals surface area (Å²) in [7, 11) is -3.13. The van der Waals surface area contributed by atoms with E-state index >= 15 is 0 Å². The molecule has 0 bridgehead atoms. The van der Waals surface area contributed by atoms with Gasteiger partial charge in [0.15, 0.2) is 9.84 Å².